The molecule has 0 unspecified atom stereocenters. The first kappa shape index (κ1) is 17.1. The van der Waals surface area contributed by atoms with Crippen molar-refractivity contribution >= 4 is 28.8 Å². The zero-order valence-corrected chi connectivity index (χ0v) is 15.6. The van der Waals surface area contributed by atoms with Gasteiger partial charge in [-0.15, -0.1) is 0 Å². The number of hydrogen-bond donors (Lipinski definition) is 0. The number of esters is 1. The fraction of sp³-hybridized carbons (Fsp3) is 0.0417. The number of ether oxygens (including phenoxy) is 1. The summed E-state index contributed by atoms with van der Waals surface area (Å²) < 4.78 is 10.9. The number of fused-ring (bicyclic) bond motifs is 1. The van der Waals surface area contributed by atoms with Gasteiger partial charge in [-0.05, 0) is 42.8 Å². The predicted octanol–water partition coefficient (Wildman–Crippen LogP) is 5.15. The summed E-state index contributed by atoms with van der Waals surface area (Å²) in [5, 5.41) is 5.02. The van der Waals surface area contributed by atoms with Crippen LogP contribution in [0.3, 0.4) is 0 Å². The number of rotatable bonds is 3. The Kier molecular flexibility index (Phi) is 4.06. The number of benzene rings is 3. The number of aromatic nitrogens is 1. The molecule has 0 bridgehead atoms. The minimum atomic E-state index is -0.465. The molecule has 1 aliphatic rings. The first-order valence-electron chi connectivity index (χ1n) is 9.22. The van der Waals surface area contributed by atoms with Crippen molar-refractivity contribution in [2.75, 3.05) is 0 Å². The highest BCUT2D eigenvalue weighted by atomic mass is 16.6. The number of aryl methyl sites for hydroxylation is 1. The average Bonchev–Trinajstić information content (AvgIpc) is 3.33. The normalized spacial score (nSPS) is 15.0. The second kappa shape index (κ2) is 6.87. The van der Waals surface area contributed by atoms with E-state index in [-0.39, 0.29) is 5.70 Å². The van der Waals surface area contributed by atoms with E-state index in [1.807, 2.05) is 79.7 Å². The molecule has 0 amide bonds. The van der Waals surface area contributed by atoms with Gasteiger partial charge in [0.05, 0.1) is 5.39 Å². The summed E-state index contributed by atoms with van der Waals surface area (Å²) in [4.78, 5) is 16.6. The largest absolute Gasteiger partial charge is 0.402 e. The fourth-order valence-corrected chi connectivity index (χ4v) is 3.23. The van der Waals surface area contributed by atoms with Gasteiger partial charge < -0.3 is 9.26 Å². The molecule has 0 saturated carbocycles. The van der Waals surface area contributed by atoms with Crippen LogP contribution in [0.1, 0.15) is 16.7 Å². The number of aliphatic imine (C=N–C) groups is 1. The van der Waals surface area contributed by atoms with E-state index in [0.29, 0.717) is 11.7 Å². The van der Waals surface area contributed by atoms with Gasteiger partial charge in [-0.2, -0.15) is 0 Å². The van der Waals surface area contributed by atoms with Crippen molar-refractivity contribution in [3.05, 3.63) is 95.2 Å². The summed E-state index contributed by atoms with van der Waals surface area (Å²) in [6.45, 7) is 2.04. The van der Waals surface area contributed by atoms with Gasteiger partial charge in [0.2, 0.25) is 5.90 Å². The van der Waals surface area contributed by atoms with Crippen molar-refractivity contribution in [1.29, 1.82) is 0 Å². The van der Waals surface area contributed by atoms with E-state index in [2.05, 4.69) is 10.1 Å². The van der Waals surface area contributed by atoms with Crippen molar-refractivity contribution in [3.8, 4) is 11.3 Å². The molecular formula is C24H16N2O3. The fourth-order valence-electron chi connectivity index (χ4n) is 3.23. The molecule has 0 atom stereocenters. The van der Waals surface area contributed by atoms with Gasteiger partial charge >= 0.3 is 5.97 Å². The molecule has 4 aromatic rings. The Balaban J connectivity index is 1.54. The maximum Gasteiger partial charge on any atom is 0.363 e. The molecule has 0 aliphatic carbocycles. The van der Waals surface area contributed by atoms with Crippen LogP contribution in [0.15, 0.2) is 88.0 Å². The molecule has 1 aromatic heterocycles. The van der Waals surface area contributed by atoms with Gasteiger partial charge in [0.1, 0.15) is 5.52 Å². The Morgan fingerprint density at radius 1 is 0.897 bits per heavy atom. The minimum Gasteiger partial charge on any atom is -0.402 e. The lowest BCUT2D eigenvalue weighted by Gasteiger charge is -1.99. The lowest BCUT2D eigenvalue weighted by atomic mass is 10.0. The molecule has 140 valence electrons. The zero-order chi connectivity index (χ0) is 19.8. The quantitative estimate of drug-likeness (QED) is 0.364. The molecule has 29 heavy (non-hydrogen) atoms. The molecule has 5 heteroatoms. The summed E-state index contributed by atoms with van der Waals surface area (Å²) in [5.74, 6) is 0.545. The van der Waals surface area contributed by atoms with Crippen LogP contribution in [0.2, 0.25) is 0 Å². The van der Waals surface area contributed by atoms with Gasteiger partial charge in [-0.25, -0.2) is 9.79 Å². The predicted molar refractivity (Wildman–Crippen MR) is 111 cm³/mol. The molecular weight excluding hydrogens is 364 g/mol. The standard InChI is InChI=1S/C24H16N2O3/c1-15-7-10-17(11-8-15)22-19-13-16(9-12-20(19)26-29-22)14-21-24(27)28-23(25-21)18-5-3-2-4-6-18/h2-14H,1H3/b21-14+. The number of nitrogens with zero attached hydrogens (tertiary/aromatic N) is 2. The van der Waals surface area contributed by atoms with Crippen molar-refractivity contribution < 1.29 is 14.1 Å². The average molecular weight is 380 g/mol. The lowest BCUT2D eigenvalue weighted by molar-refractivity contribution is -0.129. The Bertz CT molecular complexity index is 1280. The monoisotopic (exact) mass is 380 g/mol. The Morgan fingerprint density at radius 2 is 1.69 bits per heavy atom. The van der Waals surface area contributed by atoms with Crippen molar-refractivity contribution in [2.24, 2.45) is 4.99 Å². The van der Waals surface area contributed by atoms with Crippen LogP contribution in [0.25, 0.3) is 28.3 Å². The number of cyclic esters (lactones) is 1. The molecule has 1 aliphatic heterocycles. The maximum absolute atomic E-state index is 12.3. The van der Waals surface area contributed by atoms with E-state index in [1.165, 1.54) is 5.56 Å². The number of hydrogen-bond acceptors (Lipinski definition) is 5. The van der Waals surface area contributed by atoms with Crippen LogP contribution < -0.4 is 0 Å². The second-order valence-corrected chi connectivity index (χ2v) is 6.86. The lowest BCUT2D eigenvalue weighted by Crippen LogP contribution is -2.04. The van der Waals surface area contributed by atoms with Crippen molar-refractivity contribution in [2.45, 2.75) is 6.92 Å². The second-order valence-electron chi connectivity index (χ2n) is 6.86. The summed E-state index contributed by atoms with van der Waals surface area (Å²) in [5.41, 5.74) is 4.73. The highest BCUT2D eigenvalue weighted by molar-refractivity contribution is 6.13. The summed E-state index contributed by atoms with van der Waals surface area (Å²) in [6, 6.07) is 23.1. The Hall–Kier alpha value is -3.99. The van der Waals surface area contributed by atoms with Crippen molar-refractivity contribution in [3.63, 3.8) is 0 Å². The molecule has 0 spiro atoms. The van der Waals surface area contributed by atoms with Crippen LogP contribution in [-0.4, -0.2) is 17.0 Å². The van der Waals surface area contributed by atoms with E-state index in [0.717, 1.165) is 27.6 Å². The highest BCUT2D eigenvalue weighted by Crippen LogP contribution is 2.30. The van der Waals surface area contributed by atoms with Crippen LogP contribution in [0.5, 0.6) is 0 Å². The van der Waals surface area contributed by atoms with Gasteiger partial charge in [-0.3, -0.25) is 0 Å². The van der Waals surface area contributed by atoms with E-state index in [1.54, 1.807) is 6.08 Å². The topological polar surface area (TPSA) is 64.7 Å². The molecule has 2 heterocycles. The van der Waals surface area contributed by atoms with Crippen LogP contribution in [-0.2, 0) is 9.53 Å². The van der Waals surface area contributed by atoms with Crippen LogP contribution in [0.4, 0.5) is 0 Å². The smallest absolute Gasteiger partial charge is 0.363 e. The molecule has 0 radical (unpaired) electrons. The van der Waals surface area contributed by atoms with Gasteiger partial charge in [-0.1, -0.05) is 59.3 Å². The Labute approximate surface area is 166 Å². The molecule has 5 rings (SSSR count). The van der Waals surface area contributed by atoms with Gasteiger partial charge in [0.15, 0.2) is 11.5 Å². The zero-order valence-electron chi connectivity index (χ0n) is 15.6. The van der Waals surface area contributed by atoms with Gasteiger partial charge in [0, 0.05) is 11.1 Å². The first-order valence-corrected chi connectivity index (χ1v) is 9.22. The molecule has 0 N–H and O–H groups in total. The molecule has 5 nitrogen and oxygen atoms in total. The Morgan fingerprint density at radius 3 is 2.48 bits per heavy atom. The summed E-state index contributed by atoms with van der Waals surface area (Å²) in [7, 11) is 0. The van der Waals surface area contributed by atoms with Crippen LogP contribution >= 0.6 is 0 Å². The number of carbonyl (C=O) groups is 1. The first-order chi connectivity index (χ1) is 14.2. The summed E-state index contributed by atoms with van der Waals surface area (Å²) >= 11 is 0. The van der Waals surface area contributed by atoms with Crippen molar-refractivity contribution in [1.82, 2.24) is 5.16 Å². The maximum atomic E-state index is 12.3. The van der Waals surface area contributed by atoms with Crippen LogP contribution in [0, 0.1) is 6.92 Å². The molecule has 3 aromatic carbocycles. The molecule has 0 fully saturated rings. The summed E-state index contributed by atoms with van der Waals surface area (Å²) in [6.07, 6.45) is 1.71. The third kappa shape index (κ3) is 3.23. The molecule has 0 saturated heterocycles. The van der Waals surface area contributed by atoms with Gasteiger partial charge in [0.25, 0.3) is 0 Å². The van der Waals surface area contributed by atoms with E-state index in [9.17, 15) is 4.79 Å². The van der Waals surface area contributed by atoms with E-state index >= 15 is 0 Å². The third-order valence-corrected chi connectivity index (χ3v) is 4.76. The van der Waals surface area contributed by atoms with E-state index < -0.39 is 5.97 Å². The highest BCUT2D eigenvalue weighted by Gasteiger charge is 2.24. The SMILES string of the molecule is Cc1ccc(-c2onc3ccc(/C=C4/N=C(c5ccccc5)OC4=O)cc23)cc1. The third-order valence-electron chi connectivity index (χ3n) is 4.76. The minimum absolute atomic E-state index is 0.261. The van der Waals surface area contributed by atoms with E-state index in [4.69, 9.17) is 9.26 Å². The number of carbonyl (C=O) groups excluding carboxylic acids is 1.